The lowest BCUT2D eigenvalue weighted by Crippen LogP contribution is -2.46. The molecular formula is C22H24N2O3. The third-order valence-electron chi connectivity index (χ3n) is 5.65. The number of nitrogens with zero attached hydrogens (tertiary/aromatic N) is 1. The molecule has 0 fully saturated rings. The van der Waals surface area contributed by atoms with Gasteiger partial charge in [0.2, 0.25) is 0 Å². The maximum absolute atomic E-state index is 12.8. The Morgan fingerprint density at radius 1 is 1.04 bits per heavy atom. The lowest BCUT2D eigenvalue weighted by molar-refractivity contribution is -0.143. The highest BCUT2D eigenvalue weighted by Gasteiger charge is 2.33. The number of ether oxygens (including phenoxy) is 1. The van der Waals surface area contributed by atoms with Gasteiger partial charge in [0.05, 0.1) is 13.0 Å². The van der Waals surface area contributed by atoms with Gasteiger partial charge >= 0.3 is 12.0 Å². The number of methoxy groups -OCH3 is 1. The lowest BCUT2D eigenvalue weighted by atomic mass is 9.90. The Labute approximate surface area is 159 Å². The largest absolute Gasteiger partial charge is 0.468 e. The van der Waals surface area contributed by atoms with E-state index in [-0.39, 0.29) is 12.0 Å². The minimum absolute atomic E-state index is 0.116. The first kappa shape index (κ1) is 17.6. The second kappa shape index (κ2) is 7.43. The van der Waals surface area contributed by atoms with Crippen molar-refractivity contribution in [2.24, 2.45) is 5.92 Å². The number of esters is 1. The summed E-state index contributed by atoms with van der Waals surface area (Å²) >= 11 is 0. The molecule has 2 amide bonds. The summed E-state index contributed by atoms with van der Waals surface area (Å²) in [6.45, 7) is 1.51. The number of benzene rings is 2. The van der Waals surface area contributed by atoms with Crippen LogP contribution in [0.1, 0.15) is 28.2 Å². The highest BCUT2D eigenvalue weighted by Crippen LogP contribution is 2.29. The number of carbonyl (C=O) groups excluding carboxylic acids is 2. The molecule has 1 aliphatic carbocycles. The first-order valence-corrected chi connectivity index (χ1v) is 9.41. The molecule has 5 nitrogen and oxygen atoms in total. The van der Waals surface area contributed by atoms with Gasteiger partial charge in [0.25, 0.3) is 0 Å². The van der Waals surface area contributed by atoms with E-state index in [1.807, 2.05) is 24.3 Å². The van der Waals surface area contributed by atoms with E-state index in [0.717, 1.165) is 24.0 Å². The number of carbonyl (C=O) groups is 2. The fraction of sp³-hybridized carbons (Fsp3) is 0.364. The minimum atomic E-state index is -0.429. The Hall–Kier alpha value is -2.82. The van der Waals surface area contributed by atoms with Crippen molar-refractivity contribution in [3.8, 4) is 0 Å². The highest BCUT2D eigenvalue weighted by molar-refractivity contribution is 5.82. The topological polar surface area (TPSA) is 58.6 Å². The van der Waals surface area contributed by atoms with Crippen LogP contribution in [0.4, 0.5) is 4.79 Å². The molecule has 4 rings (SSSR count). The SMILES string of the molecule is COC(=O)C1CN(C(=O)NCC2Cc3ccccc3C2)Cc2ccccc21. The molecule has 1 heterocycles. The zero-order valence-electron chi connectivity index (χ0n) is 15.5. The number of urea groups is 1. The average Bonchev–Trinajstić information content (AvgIpc) is 3.13. The van der Waals surface area contributed by atoms with E-state index >= 15 is 0 Å². The standard InChI is InChI=1S/C22H24N2O3/c1-27-21(25)20-14-24(13-18-8-4-5-9-19(18)20)22(26)23-12-15-10-16-6-2-3-7-17(16)11-15/h2-9,15,20H,10-14H2,1H3,(H,23,26). The molecule has 0 aromatic heterocycles. The number of hydrogen-bond donors (Lipinski definition) is 1. The molecule has 27 heavy (non-hydrogen) atoms. The molecule has 140 valence electrons. The van der Waals surface area contributed by atoms with Crippen LogP contribution in [0.5, 0.6) is 0 Å². The molecule has 1 atom stereocenters. The molecule has 0 saturated carbocycles. The molecular weight excluding hydrogens is 340 g/mol. The Morgan fingerprint density at radius 2 is 1.67 bits per heavy atom. The molecule has 1 N–H and O–H groups in total. The van der Waals surface area contributed by atoms with Crippen molar-refractivity contribution in [2.45, 2.75) is 25.3 Å². The molecule has 2 aromatic rings. The van der Waals surface area contributed by atoms with Crippen molar-refractivity contribution in [3.63, 3.8) is 0 Å². The smallest absolute Gasteiger partial charge is 0.317 e. The summed E-state index contributed by atoms with van der Waals surface area (Å²) in [5.41, 5.74) is 4.73. The number of fused-ring (bicyclic) bond motifs is 2. The van der Waals surface area contributed by atoms with Crippen molar-refractivity contribution < 1.29 is 14.3 Å². The van der Waals surface area contributed by atoms with E-state index in [1.165, 1.54) is 18.2 Å². The van der Waals surface area contributed by atoms with Gasteiger partial charge in [0, 0.05) is 19.6 Å². The van der Waals surface area contributed by atoms with Gasteiger partial charge < -0.3 is 15.0 Å². The summed E-state index contributed by atoms with van der Waals surface area (Å²) in [5, 5.41) is 3.07. The summed E-state index contributed by atoms with van der Waals surface area (Å²) < 4.78 is 4.95. The van der Waals surface area contributed by atoms with Gasteiger partial charge in [-0.3, -0.25) is 4.79 Å². The fourth-order valence-electron chi connectivity index (χ4n) is 4.24. The van der Waals surface area contributed by atoms with Crippen LogP contribution in [0.25, 0.3) is 0 Å². The quantitative estimate of drug-likeness (QED) is 0.852. The Bertz CT molecular complexity index is 839. The van der Waals surface area contributed by atoms with Gasteiger partial charge in [0.15, 0.2) is 0 Å². The fourth-order valence-corrected chi connectivity index (χ4v) is 4.24. The predicted molar refractivity (Wildman–Crippen MR) is 102 cm³/mol. The van der Waals surface area contributed by atoms with Crippen LogP contribution >= 0.6 is 0 Å². The third-order valence-corrected chi connectivity index (χ3v) is 5.65. The first-order valence-electron chi connectivity index (χ1n) is 9.41. The van der Waals surface area contributed by atoms with Crippen LogP contribution in [0.2, 0.25) is 0 Å². The van der Waals surface area contributed by atoms with E-state index < -0.39 is 5.92 Å². The number of rotatable bonds is 3. The van der Waals surface area contributed by atoms with Gasteiger partial charge in [-0.2, -0.15) is 0 Å². The van der Waals surface area contributed by atoms with Gasteiger partial charge in [-0.1, -0.05) is 48.5 Å². The van der Waals surface area contributed by atoms with E-state index in [4.69, 9.17) is 4.74 Å². The monoisotopic (exact) mass is 364 g/mol. The molecule has 2 aromatic carbocycles. The second-order valence-corrected chi connectivity index (χ2v) is 7.38. The van der Waals surface area contributed by atoms with Crippen molar-refractivity contribution in [1.82, 2.24) is 10.2 Å². The van der Waals surface area contributed by atoms with E-state index in [9.17, 15) is 9.59 Å². The summed E-state index contributed by atoms with van der Waals surface area (Å²) in [4.78, 5) is 26.7. The van der Waals surface area contributed by atoms with E-state index in [2.05, 4.69) is 29.6 Å². The molecule has 0 spiro atoms. The summed E-state index contributed by atoms with van der Waals surface area (Å²) in [6, 6.07) is 16.1. The normalized spacial score (nSPS) is 18.6. The number of nitrogens with one attached hydrogen (secondary N) is 1. The molecule has 0 radical (unpaired) electrons. The van der Waals surface area contributed by atoms with Gasteiger partial charge in [0.1, 0.15) is 0 Å². The van der Waals surface area contributed by atoms with Gasteiger partial charge in [-0.25, -0.2) is 4.79 Å². The van der Waals surface area contributed by atoms with Crippen LogP contribution < -0.4 is 5.32 Å². The minimum Gasteiger partial charge on any atom is -0.468 e. The Balaban J connectivity index is 1.40. The molecule has 1 aliphatic heterocycles. The lowest BCUT2D eigenvalue weighted by Gasteiger charge is -2.33. The van der Waals surface area contributed by atoms with Crippen LogP contribution in [0, 0.1) is 5.92 Å². The zero-order chi connectivity index (χ0) is 18.8. The molecule has 0 bridgehead atoms. The van der Waals surface area contributed by atoms with Crippen LogP contribution in [0.3, 0.4) is 0 Å². The number of amides is 2. The maximum Gasteiger partial charge on any atom is 0.317 e. The summed E-state index contributed by atoms with van der Waals surface area (Å²) in [5.74, 6) is -0.299. The van der Waals surface area contributed by atoms with Crippen molar-refractivity contribution in [1.29, 1.82) is 0 Å². The third kappa shape index (κ3) is 3.54. The Kier molecular flexibility index (Phi) is 4.84. The van der Waals surface area contributed by atoms with E-state index in [1.54, 1.807) is 4.90 Å². The first-order chi connectivity index (χ1) is 13.2. The zero-order valence-corrected chi connectivity index (χ0v) is 15.5. The summed E-state index contributed by atoms with van der Waals surface area (Å²) in [7, 11) is 1.39. The Morgan fingerprint density at radius 3 is 2.33 bits per heavy atom. The van der Waals surface area contributed by atoms with E-state index in [0.29, 0.717) is 25.6 Å². The predicted octanol–water partition coefficient (Wildman–Crippen LogP) is 2.88. The van der Waals surface area contributed by atoms with Crippen molar-refractivity contribution in [2.75, 3.05) is 20.2 Å². The van der Waals surface area contributed by atoms with Crippen molar-refractivity contribution >= 4 is 12.0 Å². The molecule has 1 unspecified atom stereocenters. The second-order valence-electron chi connectivity index (χ2n) is 7.38. The molecule has 5 heteroatoms. The molecule has 2 aliphatic rings. The number of hydrogen-bond acceptors (Lipinski definition) is 3. The highest BCUT2D eigenvalue weighted by atomic mass is 16.5. The van der Waals surface area contributed by atoms with Crippen molar-refractivity contribution in [3.05, 3.63) is 70.8 Å². The summed E-state index contributed by atoms with van der Waals surface area (Å²) in [6.07, 6.45) is 2.01. The van der Waals surface area contributed by atoms with Crippen LogP contribution in [-0.4, -0.2) is 37.1 Å². The average molecular weight is 364 g/mol. The van der Waals surface area contributed by atoms with Crippen LogP contribution in [0.15, 0.2) is 48.5 Å². The van der Waals surface area contributed by atoms with Gasteiger partial charge in [-0.15, -0.1) is 0 Å². The molecule has 0 saturated heterocycles. The van der Waals surface area contributed by atoms with Crippen LogP contribution in [-0.2, 0) is 28.9 Å². The van der Waals surface area contributed by atoms with Gasteiger partial charge in [-0.05, 0) is 41.0 Å². The maximum atomic E-state index is 12.8.